The lowest BCUT2D eigenvalue weighted by Gasteiger charge is -2.24. The molecule has 0 fully saturated rings. The average molecular weight is 523 g/mol. The van der Waals surface area contributed by atoms with Crippen molar-refractivity contribution in [3.8, 4) is 10.4 Å². The van der Waals surface area contributed by atoms with Crippen molar-refractivity contribution in [2.75, 3.05) is 11.9 Å². The summed E-state index contributed by atoms with van der Waals surface area (Å²) in [4.78, 5) is 21.3. The summed E-state index contributed by atoms with van der Waals surface area (Å²) in [5, 5.41) is 10.6. The summed E-state index contributed by atoms with van der Waals surface area (Å²) in [6.45, 7) is 12.6. The molecule has 0 atom stereocenters. The van der Waals surface area contributed by atoms with Crippen LogP contribution in [0.25, 0.3) is 16.2 Å². The van der Waals surface area contributed by atoms with E-state index in [1.165, 1.54) is 37.7 Å². The predicted molar refractivity (Wildman–Crippen MR) is 150 cm³/mol. The Morgan fingerprint density at radius 3 is 2.67 bits per heavy atom. The molecule has 0 bridgehead atoms. The van der Waals surface area contributed by atoms with E-state index < -0.39 is 0 Å². The molecule has 3 aromatic heterocycles. The number of pyridine rings is 1. The van der Waals surface area contributed by atoms with Crippen LogP contribution in [0, 0.1) is 0 Å². The second-order valence-electron chi connectivity index (χ2n) is 10.3. The van der Waals surface area contributed by atoms with Gasteiger partial charge in [0, 0.05) is 40.1 Å². The molecule has 0 saturated heterocycles. The molecule has 3 aromatic rings. The molecule has 0 spiro atoms. The Kier molecular flexibility index (Phi) is 7.19. The van der Waals surface area contributed by atoms with Gasteiger partial charge in [-0.1, -0.05) is 6.58 Å². The molecule has 190 valence electrons. The fraction of sp³-hybridized carbons (Fsp3) is 0.429. The number of anilines is 1. The van der Waals surface area contributed by atoms with Crippen LogP contribution in [0.4, 0.5) is 9.80 Å². The van der Waals surface area contributed by atoms with Gasteiger partial charge >= 0.3 is 6.03 Å². The number of nitrogens with one attached hydrogen (secondary N) is 3. The number of hydrogen-bond acceptors (Lipinski definition) is 6. The number of thiophene rings is 2. The number of aryl methyl sites for hydroxylation is 1. The number of carbonyl (C=O) groups excluding carboxylic acids is 1. The molecule has 6 nitrogen and oxygen atoms in total. The van der Waals surface area contributed by atoms with Gasteiger partial charge in [0.1, 0.15) is 16.4 Å². The predicted octanol–water partition coefficient (Wildman–Crippen LogP) is 6.50. The Bertz CT molecular complexity index is 1270. The Hall–Kier alpha value is -2.68. The molecule has 2 amide bonds. The number of nitrogens with zero attached hydrogens (tertiary/aromatic N) is 1. The monoisotopic (exact) mass is 522 g/mol. The smallest absolute Gasteiger partial charge is 0.320 e. The third kappa shape index (κ3) is 5.36. The first-order valence-electron chi connectivity index (χ1n) is 12.6. The van der Waals surface area contributed by atoms with Crippen molar-refractivity contribution in [3.63, 3.8) is 0 Å². The third-order valence-corrected chi connectivity index (χ3v) is 9.04. The SMILES string of the molecule is C=C(OC(C)(C)C)c1c(NC(=O)NCc2c(-c3ccncc3)sc3c2CCNC3)sc2c1CCCC2. The molecule has 3 N–H and O–H groups in total. The number of carbonyl (C=O) groups is 1. The number of aromatic nitrogens is 1. The van der Waals surface area contributed by atoms with Crippen molar-refractivity contribution in [1.29, 1.82) is 0 Å². The van der Waals surface area contributed by atoms with Gasteiger partial charge in [-0.25, -0.2) is 4.79 Å². The minimum atomic E-state index is -0.351. The fourth-order valence-corrected chi connectivity index (χ4v) is 7.65. The third-order valence-electron chi connectivity index (χ3n) is 6.51. The molecule has 5 rings (SSSR count). The summed E-state index contributed by atoms with van der Waals surface area (Å²) in [5.41, 5.74) is 5.63. The van der Waals surface area contributed by atoms with Gasteiger partial charge in [0.15, 0.2) is 0 Å². The summed E-state index contributed by atoms with van der Waals surface area (Å²) < 4.78 is 6.15. The lowest BCUT2D eigenvalue weighted by molar-refractivity contribution is 0.0976. The molecule has 0 unspecified atom stereocenters. The van der Waals surface area contributed by atoms with E-state index in [0.29, 0.717) is 12.3 Å². The van der Waals surface area contributed by atoms with Crippen LogP contribution in [0.15, 0.2) is 31.1 Å². The number of ether oxygens (including phenoxy) is 1. The molecular weight excluding hydrogens is 488 g/mol. The Morgan fingerprint density at radius 2 is 1.89 bits per heavy atom. The van der Waals surface area contributed by atoms with Crippen molar-refractivity contribution in [2.24, 2.45) is 0 Å². The van der Waals surface area contributed by atoms with Gasteiger partial charge < -0.3 is 15.4 Å². The Labute approximate surface area is 221 Å². The lowest BCUT2D eigenvalue weighted by Crippen LogP contribution is -2.29. The van der Waals surface area contributed by atoms with Gasteiger partial charge in [0.05, 0.1) is 5.56 Å². The van der Waals surface area contributed by atoms with Crippen LogP contribution in [0.5, 0.6) is 0 Å². The maximum absolute atomic E-state index is 13.2. The van der Waals surface area contributed by atoms with Gasteiger partial charge in [0.2, 0.25) is 0 Å². The van der Waals surface area contributed by atoms with Crippen molar-refractivity contribution in [3.05, 3.63) is 63.1 Å². The largest absolute Gasteiger partial charge is 0.488 e. The standard InChI is InChI=1S/C28H34N4O2S2/c1-17(34-28(2,3)4)24-20-7-5-6-8-22(20)36-26(24)32-27(33)31-15-21-19-11-14-30-16-23(19)35-25(21)18-9-12-29-13-10-18/h9-10,12-13,30H,1,5-8,11,14-16H2,2-4H3,(H2,31,32,33). The van der Waals surface area contributed by atoms with E-state index in [2.05, 4.69) is 27.5 Å². The molecule has 2 aliphatic rings. The molecule has 0 radical (unpaired) electrons. The van der Waals surface area contributed by atoms with Gasteiger partial charge in [-0.2, -0.15) is 0 Å². The summed E-state index contributed by atoms with van der Waals surface area (Å²) >= 11 is 3.48. The normalized spacial score (nSPS) is 15.1. The number of urea groups is 1. The molecule has 1 aliphatic carbocycles. The average Bonchev–Trinajstić information content (AvgIpc) is 3.40. The first-order chi connectivity index (χ1) is 17.3. The van der Waals surface area contributed by atoms with Crippen LogP contribution in [0.3, 0.4) is 0 Å². The van der Waals surface area contributed by atoms with Crippen LogP contribution in [-0.2, 0) is 37.1 Å². The number of hydrogen-bond donors (Lipinski definition) is 3. The molecule has 36 heavy (non-hydrogen) atoms. The molecule has 0 aromatic carbocycles. The summed E-state index contributed by atoms with van der Waals surface area (Å²) in [6.07, 6.45) is 9.00. The highest BCUT2D eigenvalue weighted by atomic mass is 32.1. The van der Waals surface area contributed by atoms with E-state index in [0.717, 1.165) is 54.9 Å². The fourth-order valence-electron chi connectivity index (χ4n) is 5.01. The highest BCUT2D eigenvalue weighted by Crippen LogP contribution is 2.43. The summed E-state index contributed by atoms with van der Waals surface area (Å²) in [7, 11) is 0. The van der Waals surface area contributed by atoms with Crippen molar-refractivity contribution in [1.82, 2.24) is 15.6 Å². The van der Waals surface area contributed by atoms with Crippen molar-refractivity contribution >= 4 is 39.5 Å². The van der Waals surface area contributed by atoms with Crippen LogP contribution in [0.1, 0.15) is 65.6 Å². The van der Waals surface area contributed by atoms with Gasteiger partial charge in [0.25, 0.3) is 0 Å². The van der Waals surface area contributed by atoms with Crippen LogP contribution >= 0.6 is 22.7 Å². The van der Waals surface area contributed by atoms with Gasteiger partial charge in [-0.3, -0.25) is 10.3 Å². The molecule has 4 heterocycles. The summed E-state index contributed by atoms with van der Waals surface area (Å²) in [5.74, 6) is 0.636. The number of fused-ring (bicyclic) bond motifs is 2. The first-order valence-corrected chi connectivity index (χ1v) is 14.3. The quantitative estimate of drug-likeness (QED) is 0.323. The number of rotatable bonds is 6. The number of amides is 2. The minimum Gasteiger partial charge on any atom is -0.488 e. The highest BCUT2D eigenvalue weighted by Gasteiger charge is 2.27. The second kappa shape index (κ2) is 10.4. The Morgan fingerprint density at radius 1 is 1.11 bits per heavy atom. The molecule has 8 heteroatoms. The Balaban J connectivity index is 1.37. The highest BCUT2D eigenvalue weighted by molar-refractivity contribution is 7.17. The van der Waals surface area contributed by atoms with E-state index in [9.17, 15) is 4.79 Å². The maximum Gasteiger partial charge on any atom is 0.320 e. The summed E-state index contributed by atoms with van der Waals surface area (Å²) in [6, 6.07) is 3.88. The maximum atomic E-state index is 13.2. The lowest BCUT2D eigenvalue weighted by atomic mass is 9.95. The second-order valence-corrected chi connectivity index (χ2v) is 12.5. The van der Waals surface area contributed by atoms with E-state index in [1.54, 1.807) is 11.3 Å². The zero-order valence-electron chi connectivity index (χ0n) is 21.3. The van der Waals surface area contributed by atoms with Crippen LogP contribution in [-0.4, -0.2) is 23.2 Å². The van der Waals surface area contributed by atoms with E-state index in [4.69, 9.17) is 4.74 Å². The topological polar surface area (TPSA) is 75.3 Å². The molecule has 1 aliphatic heterocycles. The first kappa shape index (κ1) is 25.0. The van der Waals surface area contributed by atoms with Gasteiger partial charge in [-0.05, 0) is 93.8 Å². The van der Waals surface area contributed by atoms with Crippen LogP contribution in [0.2, 0.25) is 0 Å². The van der Waals surface area contributed by atoms with Crippen molar-refractivity contribution in [2.45, 2.75) is 71.6 Å². The van der Waals surface area contributed by atoms with E-state index in [1.807, 2.05) is 56.6 Å². The van der Waals surface area contributed by atoms with Gasteiger partial charge in [-0.15, -0.1) is 22.7 Å². The minimum absolute atomic E-state index is 0.201. The molecular formula is C28H34N4O2S2. The molecule has 0 saturated carbocycles. The zero-order chi connectivity index (χ0) is 25.3. The zero-order valence-corrected chi connectivity index (χ0v) is 22.9. The van der Waals surface area contributed by atoms with E-state index in [-0.39, 0.29) is 11.6 Å². The van der Waals surface area contributed by atoms with Crippen molar-refractivity contribution < 1.29 is 9.53 Å². The van der Waals surface area contributed by atoms with Crippen LogP contribution < -0.4 is 16.0 Å². The van der Waals surface area contributed by atoms with E-state index >= 15 is 0 Å².